The van der Waals surface area contributed by atoms with Gasteiger partial charge in [0.1, 0.15) is 11.6 Å². The van der Waals surface area contributed by atoms with Crippen LogP contribution in [0.15, 0.2) is 17.0 Å². The average Bonchev–Trinajstić information content (AvgIpc) is 2.33. The minimum absolute atomic E-state index is 0.143. The molecule has 3 N–H and O–H groups in total. The highest BCUT2D eigenvalue weighted by molar-refractivity contribution is 6.05. The normalized spacial score (nSPS) is 23.6. The predicted octanol–water partition coefficient (Wildman–Crippen LogP) is 0.296. The minimum atomic E-state index is -0.852. The Balaban J connectivity index is 2.58. The first-order valence-electron chi connectivity index (χ1n) is 5.69. The second-order valence-corrected chi connectivity index (χ2v) is 4.67. The topological polar surface area (TPSA) is 100 Å². The Morgan fingerprint density at radius 2 is 2.11 bits per heavy atom. The lowest BCUT2D eigenvalue weighted by Gasteiger charge is -2.42. The zero-order valence-corrected chi connectivity index (χ0v) is 10.1. The van der Waals surface area contributed by atoms with E-state index >= 15 is 0 Å². The van der Waals surface area contributed by atoms with Crippen molar-refractivity contribution < 1.29 is 9.90 Å². The molecule has 6 nitrogen and oxygen atoms in total. The minimum Gasteiger partial charge on any atom is -0.494 e. The molecule has 0 bridgehead atoms. The Morgan fingerprint density at radius 3 is 2.61 bits per heavy atom. The van der Waals surface area contributed by atoms with Crippen LogP contribution in [0.2, 0.25) is 0 Å². The number of hydrogen-bond donors (Lipinski definition) is 3. The van der Waals surface area contributed by atoms with Gasteiger partial charge in [-0.3, -0.25) is 15.5 Å². The number of nitriles is 1. The summed E-state index contributed by atoms with van der Waals surface area (Å²) in [6.45, 7) is 1.41. The van der Waals surface area contributed by atoms with Crippen molar-refractivity contribution in [3.63, 3.8) is 0 Å². The number of likely N-dealkylation sites (tertiary alicyclic amines) is 1. The number of hydrogen-bond acceptors (Lipinski definition) is 5. The maximum absolute atomic E-state index is 11.8. The number of nitrogens with one attached hydrogen (secondary N) is 2. The molecule has 1 amide bonds. The molecular formula is C12H14N4O2. The molecule has 0 aromatic carbocycles. The van der Waals surface area contributed by atoms with Crippen molar-refractivity contribution in [2.24, 2.45) is 5.41 Å². The molecule has 2 heterocycles. The predicted molar refractivity (Wildman–Crippen MR) is 63.8 cm³/mol. The third-order valence-corrected chi connectivity index (χ3v) is 3.73. The van der Waals surface area contributed by atoms with Crippen LogP contribution in [-0.4, -0.2) is 41.9 Å². The Labute approximate surface area is 105 Å². The number of aliphatic hydroxyl groups is 1. The molecule has 0 aromatic heterocycles. The Kier molecular flexibility index (Phi) is 2.95. The maximum atomic E-state index is 11.8. The van der Waals surface area contributed by atoms with Crippen LogP contribution < -0.4 is 5.32 Å². The molecule has 0 unspecified atom stereocenters. The summed E-state index contributed by atoms with van der Waals surface area (Å²) in [6, 6.07) is 1.97. The number of amides is 1. The maximum Gasteiger partial charge on any atom is 0.264 e. The lowest BCUT2D eigenvalue weighted by Crippen LogP contribution is -2.48. The summed E-state index contributed by atoms with van der Waals surface area (Å²) in [4.78, 5) is 13.9. The van der Waals surface area contributed by atoms with Crippen LogP contribution in [-0.2, 0) is 4.79 Å². The number of carbonyl (C=O) groups is 1. The van der Waals surface area contributed by atoms with Crippen molar-refractivity contribution in [2.45, 2.75) is 12.8 Å². The lowest BCUT2D eigenvalue weighted by atomic mass is 9.66. The summed E-state index contributed by atoms with van der Waals surface area (Å²) in [5.74, 6) is 1.23. The van der Waals surface area contributed by atoms with E-state index < -0.39 is 11.3 Å². The molecule has 2 rings (SSSR count). The fourth-order valence-electron chi connectivity index (χ4n) is 2.64. The number of aliphatic hydroxyl groups excluding tert-OH is 1. The molecule has 94 valence electrons. The van der Waals surface area contributed by atoms with Crippen molar-refractivity contribution >= 4 is 11.8 Å². The zero-order valence-electron chi connectivity index (χ0n) is 10.1. The molecule has 2 aliphatic heterocycles. The summed E-state index contributed by atoms with van der Waals surface area (Å²) in [7, 11) is 1.96. The van der Waals surface area contributed by atoms with Gasteiger partial charge in [0.15, 0.2) is 0 Å². The monoisotopic (exact) mass is 246 g/mol. The van der Waals surface area contributed by atoms with Gasteiger partial charge >= 0.3 is 0 Å². The molecule has 2 aliphatic rings. The molecule has 1 fully saturated rings. The van der Waals surface area contributed by atoms with Gasteiger partial charge in [0, 0.05) is 0 Å². The largest absolute Gasteiger partial charge is 0.494 e. The van der Waals surface area contributed by atoms with E-state index in [0.717, 1.165) is 0 Å². The van der Waals surface area contributed by atoms with Crippen LogP contribution in [0.25, 0.3) is 0 Å². The van der Waals surface area contributed by atoms with Crippen LogP contribution in [0.1, 0.15) is 12.8 Å². The van der Waals surface area contributed by atoms with Gasteiger partial charge in [-0.1, -0.05) is 0 Å². The van der Waals surface area contributed by atoms with E-state index in [1.54, 1.807) is 0 Å². The molecular weight excluding hydrogens is 232 g/mol. The van der Waals surface area contributed by atoms with Gasteiger partial charge in [-0.25, -0.2) is 0 Å². The molecule has 1 saturated heterocycles. The van der Waals surface area contributed by atoms with E-state index in [4.69, 9.17) is 5.41 Å². The van der Waals surface area contributed by atoms with Gasteiger partial charge in [0.2, 0.25) is 5.88 Å². The number of rotatable bonds is 0. The Hall–Kier alpha value is -2.09. The highest BCUT2D eigenvalue weighted by Gasteiger charge is 2.49. The molecule has 18 heavy (non-hydrogen) atoms. The van der Waals surface area contributed by atoms with E-state index in [9.17, 15) is 15.2 Å². The lowest BCUT2D eigenvalue weighted by molar-refractivity contribution is -0.119. The van der Waals surface area contributed by atoms with Crippen LogP contribution in [0, 0.1) is 22.2 Å². The first-order valence-corrected chi connectivity index (χ1v) is 5.69. The fraction of sp³-hybridized carbons (Fsp3) is 0.500. The molecule has 1 spiro atoms. The number of piperidine rings is 1. The standard InChI is InChI=1S/C12H14N4O2/c1-16-4-2-12(3-5-16)8(6-13)10(17)15-11(18)9(12)7-14/h13,18H,2-5H2,1H3,(H,15,17). The summed E-state index contributed by atoms with van der Waals surface area (Å²) in [5.41, 5.74) is -0.565. The van der Waals surface area contributed by atoms with Crippen molar-refractivity contribution in [3.8, 4) is 6.07 Å². The van der Waals surface area contributed by atoms with Crippen LogP contribution >= 0.6 is 0 Å². The van der Waals surface area contributed by atoms with E-state index in [-0.39, 0.29) is 17.0 Å². The molecule has 6 heteroatoms. The van der Waals surface area contributed by atoms with E-state index in [0.29, 0.717) is 25.9 Å². The zero-order chi connectivity index (χ0) is 13.3. The van der Waals surface area contributed by atoms with Crippen molar-refractivity contribution in [1.82, 2.24) is 10.2 Å². The first kappa shape index (κ1) is 12.4. The summed E-state index contributed by atoms with van der Waals surface area (Å²) < 4.78 is 0. The Bertz CT molecular complexity index is 515. The fourth-order valence-corrected chi connectivity index (χ4v) is 2.64. The summed E-state index contributed by atoms with van der Waals surface area (Å²) >= 11 is 0. The highest BCUT2D eigenvalue weighted by Crippen LogP contribution is 2.46. The van der Waals surface area contributed by atoms with Gasteiger partial charge in [0.25, 0.3) is 5.91 Å². The van der Waals surface area contributed by atoms with Gasteiger partial charge in [-0.15, -0.1) is 0 Å². The third-order valence-electron chi connectivity index (χ3n) is 3.73. The molecule has 0 aromatic rings. The SMILES string of the molecule is CN1CCC2(CC1)C(=C=N)C(=O)NC(O)=C2C#N. The van der Waals surface area contributed by atoms with Gasteiger partial charge in [0.05, 0.1) is 11.0 Å². The van der Waals surface area contributed by atoms with Crippen LogP contribution in [0.4, 0.5) is 0 Å². The van der Waals surface area contributed by atoms with Crippen LogP contribution in [0.5, 0.6) is 0 Å². The summed E-state index contributed by atoms with van der Waals surface area (Å²) in [6.07, 6.45) is 1.07. The van der Waals surface area contributed by atoms with Gasteiger partial charge in [-0.05, 0) is 38.8 Å². The third kappa shape index (κ3) is 1.61. The van der Waals surface area contributed by atoms with Crippen molar-refractivity contribution in [3.05, 3.63) is 17.0 Å². The van der Waals surface area contributed by atoms with Gasteiger partial charge < -0.3 is 10.0 Å². The van der Waals surface area contributed by atoms with Crippen molar-refractivity contribution in [2.75, 3.05) is 20.1 Å². The number of allylic oxidation sites excluding steroid dienone is 1. The number of nitrogens with zero attached hydrogens (tertiary/aromatic N) is 2. The van der Waals surface area contributed by atoms with Gasteiger partial charge in [-0.2, -0.15) is 5.26 Å². The van der Waals surface area contributed by atoms with Crippen molar-refractivity contribution in [1.29, 1.82) is 10.7 Å². The van der Waals surface area contributed by atoms with E-state index in [1.807, 2.05) is 13.1 Å². The molecule has 0 saturated carbocycles. The quantitative estimate of drug-likeness (QED) is 0.422. The smallest absolute Gasteiger partial charge is 0.264 e. The molecule has 0 aliphatic carbocycles. The Morgan fingerprint density at radius 1 is 1.50 bits per heavy atom. The summed E-state index contributed by atoms with van der Waals surface area (Å²) in [5, 5.41) is 28.5. The second kappa shape index (κ2) is 4.30. The molecule has 0 atom stereocenters. The second-order valence-electron chi connectivity index (χ2n) is 4.67. The van der Waals surface area contributed by atoms with E-state index in [2.05, 4.69) is 16.1 Å². The number of carbonyl (C=O) groups excluding carboxylic acids is 1. The van der Waals surface area contributed by atoms with Crippen LogP contribution in [0.3, 0.4) is 0 Å². The highest BCUT2D eigenvalue weighted by atomic mass is 16.3. The average molecular weight is 246 g/mol. The van der Waals surface area contributed by atoms with E-state index in [1.165, 1.54) is 0 Å². The molecule has 0 radical (unpaired) electrons. The first-order chi connectivity index (χ1) is 8.55.